The molecule has 0 saturated heterocycles. The first-order valence-corrected chi connectivity index (χ1v) is 3.74. The zero-order chi connectivity index (χ0) is 7.84. The van der Waals surface area contributed by atoms with E-state index in [1.807, 2.05) is 7.05 Å². The van der Waals surface area contributed by atoms with E-state index in [0.29, 0.717) is 0 Å². The summed E-state index contributed by atoms with van der Waals surface area (Å²) in [6.45, 7) is 1.88. The highest BCUT2D eigenvalue weighted by Crippen LogP contribution is 2.10. The highest BCUT2D eigenvalue weighted by molar-refractivity contribution is 5.13. The minimum absolute atomic E-state index is 0.0784. The van der Waals surface area contributed by atoms with Crippen LogP contribution < -0.4 is 5.69 Å². The number of nitrogens with zero attached hydrogens (tertiary/aromatic N) is 1. The number of rotatable bonds is 0. The number of aromatic nitrogens is 2. The van der Waals surface area contributed by atoms with Gasteiger partial charge in [-0.2, -0.15) is 0 Å². The number of hydrogen-bond acceptors (Lipinski definition) is 2. The predicted octanol–water partition coefficient (Wildman–Crippen LogP) is -0.309. The highest BCUT2D eigenvalue weighted by atomic mass is 16.1. The molecule has 11 heavy (non-hydrogen) atoms. The summed E-state index contributed by atoms with van der Waals surface area (Å²) in [4.78, 5) is 18.6. The Labute approximate surface area is 64.2 Å². The Morgan fingerprint density at radius 1 is 1.36 bits per heavy atom. The molecule has 0 saturated carbocycles. The molecule has 0 bridgehead atoms. The van der Waals surface area contributed by atoms with Crippen LogP contribution in [0.4, 0.5) is 0 Å². The molecule has 0 spiro atoms. The number of hydrogen-bond donors (Lipinski definition) is 2. The largest absolute Gasteiger partial charge is 0.323 e. The maximum atomic E-state index is 10.8. The maximum absolute atomic E-state index is 10.8. The van der Waals surface area contributed by atoms with Crippen LogP contribution in [0.25, 0.3) is 0 Å². The lowest BCUT2D eigenvalue weighted by atomic mass is 10.2. The van der Waals surface area contributed by atoms with E-state index in [-0.39, 0.29) is 5.69 Å². The van der Waals surface area contributed by atoms with E-state index in [2.05, 4.69) is 14.9 Å². The van der Waals surface area contributed by atoms with Crippen molar-refractivity contribution in [3.8, 4) is 0 Å². The molecule has 0 radical (unpaired) electrons. The van der Waals surface area contributed by atoms with Crippen LogP contribution in [0, 0.1) is 0 Å². The summed E-state index contributed by atoms with van der Waals surface area (Å²) in [5.41, 5.74) is 2.04. The molecule has 2 heterocycles. The van der Waals surface area contributed by atoms with Crippen LogP contribution in [-0.2, 0) is 13.0 Å². The fourth-order valence-corrected chi connectivity index (χ4v) is 1.46. The summed E-state index contributed by atoms with van der Waals surface area (Å²) >= 11 is 0. The molecule has 0 amide bonds. The van der Waals surface area contributed by atoms with E-state index >= 15 is 0 Å². The van der Waals surface area contributed by atoms with Gasteiger partial charge in [-0.3, -0.25) is 0 Å². The van der Waals surface area contributed by atoms with Crippen molar-refractivity contribution in [2.24, 2.45) is 0 Å². The number of H-pyrrole nitrogens is 2. The average Bonchev–Trinajstić information content (AvgIpc) is 2.27. The van der Waals surface area contributed by atoms with Gasteiger partial charge in [-0.15, -0.1) is 0 Å². The van der Waals surface area contributed by atoms with Gasteiger partial charge in [0.15, 0.2) is 0 Å². The van der Waals surface area contributed by atoms with E-state index in [0.717, 1.165) is 30.9 Å². The Kier molecular flexibility index (Phi) is 1.35. The van der Waals surface area contributed by atoms with Gasteiger partial charge < -0.3 is 14.9 Å². The van der Waals surface area contributed by atoms with Crippen molar-refractivity contribution in [2.45, 2.75) is 13.0 Å². The first-order valence-electron chi connectivity index (χ1n) is 3.74. The zero-order valence-electron chi connectivity index (χ0n) is 6.48. The van der Waals surface area contributed by atoms with Crippen molar-refractivity contribution in [2.75, 3.05) is 13.6 Å². The van der Waals surface area contributed by atoms with Gasteiger partial charge in [0.1, 0.15) is 0 Å². The van der Waals surface area contributed by atoms with Crippen LogP contribution in [0.1, 0.15) is 11.4 Å². The molecule has 0 unspecified atom stereocenters. The Morgan fingerprint density at radius 2 is 2.09 bits per heavy atom. The summed E-state index contributed by atoms with van der Waals surface area (Å²) in [5.74, 6) is 0. The molecule has 60 valence electrons. The van der Waals surface area contributed by atoms with Crippen molar-refractivity contribution < 1.29 is 0 Å². The highest BCUT2D eigenvalue weighted by Gasteiger charge is 2.14. The van der Waals surface area contributed by atoms with Crippen molar-refractivity contribution in [1.82, 2.24) is 14.9 Å². The molecule has 0 aliphatic carbocycles. The SMILES string of the molecule is CN1CCc2[nH]c(=O)[nH]c2C1. The molecule has 2 rings (SSSR count). The first kappa shape index (κ1) is 6.67. The second-order valence-electron chi connectivity index (χ2n) is 3.02. The summed E-state index contributed by atoms with van der Waals surface area (Å²) in [7, 11) is 2.05. The van der Waals surface area contributed by atoms with Crippen LogP contribution in [0.5, 0.6) is 0 Å². The molecular weight excluding hydrogens is 142 g/mol. The van der Waals surface area contributed by atoms with Gasteiger partial charge in [-0.1, -0.05) is 0 Å². The van der Waals surface area contributed by atoms with Crippen LogP contribution in [0.3, 0.4) is 0 Å². The van der Waals surface area contributed by atoms with Crippen molar-refractivity contribution in [3.63, 3.8) is 0 Å². The quantitative estimate of drug-likeness (QED) is 0.537. The Bertz CT molecular complexity index is 312. The maximum Gasteiger partial charge on any atom is 0.323 e. The van der Waals surface area contributed by atoms with Gasteiger partial charge in [0, 0.05) is 25.2 Å². The molecule has 1 aromatic rings. The van der Waals surface area contributed by atoms with Crippen molar-refractivity contribution in [1.29, 1.82) is 0 Å². The summed E-state index contributed by atoms with van der Waals surface area (Å²) < 4.78 is 0. The molecule has 1 aliphatic rings. The summed E-state index contributed by atoms with van der Waals surface area (Å²) in [6, 6.07) is 0. The van der Waals surface area contributed by atoms with Gasteiger partial charge in [0.2, 0.25) is 0 Å². The third-order valence-electron chi connectivity index (χ3n) is 2.06. The Hall–Kier alpha value is -1.03. The minimum Gasteiger partial charge on any atom is -0.310 e. The molecule has 1 aromatic heterocycles. The number of aromatic amines is 2. The van der Waals surface area contributed by atoms with Crippen LogP contribution in [0.2, 0.25) is 0 Å². The van der Waals surface area contributed by atoms with Gasteiger partial charge in [-0.25, -0.2) is 4.79 Å². The van der Waals surface area contributed by atoms with Gasteiger partial charge in [0.25, 0.3) is 0 Å². The van der Waals surface area contributed by atoms with Gasteiger partial charge in [0.05, 0.1) is 5.69 Å². The summed E-state index contributed by atoms with van der Waals surface area (Å²) in [6.07, 6.45) is 0.949. The lowest BCUT2D eigenvalue weighted by molar-refractivity contribution is 0.307. The van der Waals surface area contributed by atoms with E-state index in [1.165, 1.54) is 0 Å². The van der Waals surface area contributed by atoms with Crippen LogP contribution in [-0.4, -0.2) is 28.5 Å². The third kappa shape index (κ3) is 1.09. The predicted molar refractivity (Wildman–Crippen MR) is 41.5 cm³/mol. The number of likely N-dealkylation sites (N-methyl/N-ethyl adjacent to an activating group) is 1. The minimum atomic E-state index is -0.0784. The van der Waals surface area contributed by atoms with Crippen LogP contribution in [0.15, 0.2) is 4.79 Å². The molecule has 0 fully saturated rings. The Morgan fingerprint density at radius 3 is 2.91 bits per heavy atom. The topological polar surface area (TPSA) is 51.9 Å². The molecule has 4 nitrogen and oxygen atoms in total. The second kappa shape index (κ2) is 2.23. The second-order valence-corrected chi connectivity index (χ2v) is 3.02. The smallest absolute Gasteiger partial charge is 0.310 e. The van der Waals surface area contributed by atoms with Crippen LogP contribution >= 0.6 is 0 Å². The number of imidazole rings is 1. The van der Waals surface area contributed by atoms with E-state index in [4.69, 9.17) is 0 Å². The number of fused-ring (bicyclic) bond motifs is 1. The monoisotopic (exact) mass is 153 g/mol. The van der Waals surface area contributed by atoms with Gasteiger partial charge >= 0.3 is 5.69 Å². The fraction of sp³-hybridized carbons (Fsp3) is 0.571. The molecule has 0 atom stereocenters. The Balaban J connectivity index is 2.41. The normalized spacial score (nSPS) is 18.3. The van der Waals surface area contributed by atoms with E-state index < -0.39 is 0 Å². The van der Waals surface area contributed by atoms with E-state index in [1.54, 1.807) is 0 Å². The average molecular weight is 153 g/mol. The molecule has 2 N–H and O–H groups in total. The van der Waals surface area contributed by atoms with Crippen molar-refractivity contribution >= 4 is 0 Å². The lowest BCUT2D eigenvalue weighted by Gasteiger charge is -2.20. The third-order valence-corrected chi connectivity index (χ3v) is 2.06. The molecular formula is C7H11N3O. The first-order chi connectivity index (χ1) is 5.25. The standard InChI is InChI=1S/C7H11N3O/c1-10-3-2-5-6(4-10)9-7(11)8-5/h2-4H2,1H3,(H2,8,9,11). The zero-order valence-corrected chi connectivity index (χ0v) is 6.48. The lowest BCUT2D eigenvalue weighted by Crippen LogP contribution is -2.26. The molecule has 4 heteroatoms. The molecule has 1 aliphatic heterocycles. The van der Waals surface area contributed by atoms with E-state index in [9.17, 15) is 4.79 Å². The summed E-state index contributed by atoms with van der Waals surface area (Å²) in [5, 5.41) is 0. The number of nitrogens with one attached hydrogen (secondary N) is 2. The van der Waals surface area contributed by atoms with Gasteiger partial charge in [-0.05, 0) is 7.05 Å². The molecule has 0 aromatic carbocycles. The fourth-order valence-electron chi connectivity index (χ4n) is 1.46. The van der Waals surface area contributed by atoms with Crippen molar-refractivity contribution in [3.05, 3.63) is 21.9 Å².